The summed E-state index contributed by atoms with van der Waals surface area (Å²) in [5.74, 6) is 0.706. The normalized spacial score (nSPS) is 18.2. The first kappa shape index (κ1) is 23.3. The molecule has 1 aromatic heterocycles. The predicted molar refractivity (Wildman–Crippen MR) is 131 cm³/mol. The fraction of sp³-hybridized carbons (Fsp3) is 0.357. The van der Waals surface area contributed by atoms with E-state index < -0.39 is 6.10 Å². The molecular weight excluding hydrogens is 444 g/mol. The molecule has 1 unspecified atom stereocenters. The number of aliphatic hydroxyl groups is 1. The highest BCUT2D eigenvalue weighted by Gasteiger charge is 2.23. The molecule has 1 atom stereocenters. The van der Waals surface area contributed by atoms with Gasteiger partial charge in [0.2, 0.25) is 11.2 Å². The molecule has 5 rings (SSSR count). The Balaban J connectivity index is 1.15. The fourth-order valence-electron chi connectivity index (χ4n) is 4.76. The van der Waals surface area contributed by atoms with Crippen molar-refractivity contribution in [2.45, 2.75) is 45.1 Å². The number of β-amino-alcohol motifs (C(OH)–C–C–N with tert-alkyl or cyclic N) is 1. The van der Waals surface area contributed by atoms with Crippen molar-refractivity contribution in [3.8, 4) is 5.75 Å². The van der Waals surface area contributed by atoms with Gasteiger partial charge >= 0.3 is 0 Å². The second-order valence-electron chi connectivity index (χ2n) is 9.34. The zero-order valence-corrected chi connectivity index (χ0v) is 19.7. The standard InChI is InChI=1S/C28H30N2O5/c31-24-6-3-12-30(16-24)28(33)22-9-7-20(8-10-22)18-35-27-19-34-25(14-26(27)32)17-29-13-11-21-4-1-2-5-23(21)15-29/h1-2,4-5,7-10,14,19,24,31H,3,6,11-13,15-18H2. The molecule has 182 valence electrons. The lowest BCUT2D eigenvalue weighted by Crippen LogP contribution is -2.42. The summed E-state index contributed by atoms with van der Waals surface area (Å²) >= 11 is 0. The minimum atomic E-state index is -0.449. The maximum absolute atomic E-state index is 12.6. The van der Waals surface area contributed by atoms with Crippen LogP contribution in [0.4, 0.5) is 0 Å². The quantitative estimate of drug-likeness (QED) is 0.590. The van der Waals surface area contributed by atoms with E-state index >= 15 is 0 Å². The SMILES string of the molecule is O=C(c1ccc(COc2coc(CN3CCc4ccccc4C3)cc2=O)cc1)N1CCCC(O)C1. The van der Waals surface area contributed by atoms with Crippen LogP contribution in [0.1, 0.15) is 45.7 Å². The average Bonchev–Trinajstić information content (AvgIpc) is 2.88. The first-order valence-electron chi connectivity index (χ1n) is 12.1. The first-order chi connectivity index (χ1) is 17.0. The Kier molecular flexibility index (Phi) is 6.97. The number of ether oxygens (including phenoxy) is 1. The topological polar surface area (TPSA) is 83.2 Å². The van der Waals surface area contributed by atoms with Crippen molar-refractivity contribution in [3.63, 3.8) is 0 Å². The van der Waals surface area contributed by atoms with E-state index in [1.807, 2.05) is 12.1 Å². The van der Waals surface area contributed by atoms with Gasteiger partial charge in [0, 0.05) is 37.8 Å². The summed E-state index contributed by atoms with van der Waals surface area (Å²) in [7, 11) is 0. The van der Waals surface area contributed by atoms with Gasteiger partial charge in [0.25, 0.3) is 5.91 Å². The Labute approximate surface area is 204 Å². The number of carbonyl (C=O) groups excluding carboxylic acids is 1. The van der Waals surface area contributed by atoms with E-state index in [1.54, 1.807) is 17.0 Å². The number of aliphatic hydroxyl groups excluding tert-OH is 1. The Morgan fingerprint density at radius 2 is 1.89 bits per heavy atom. The van der Waals surface area contributed by atoms with E-state index in [0.717, 1.165) is 37.9 Å². The largest absolute Gasteiger partial charge is 0.482 e. The van der Waals surface area contributed by atoms with Crippen molar-refractivity contribution in [2.75, 3.05) is 19.6 Å². The Hall–Kier alpha value is -3.42. The van der Waals surface area contributed by atoms with Crippen LogP contribution < -0.4 is 10.2 Å². The second-order valence-corrected chi connectivity index (χ2v) is 9.34. The number of amides is 1. The molecule has 35 heavy (non-hydrogen) atoms. The van der Waals surface area contributed by atoms with Crippen molar-refractivity contribution in [1.82, 2.24) is 9.80 Å². The summed E-state index contributed by atoms with van der Waals surface area (Å²) in [6.07, 6.45) is 3.48. The van der Waals surface area contributed by atoms with Gasteiger partial charge in [0.15, 0.2) is 0 Å². The van der Waals surface area contributed by atoms with Gasteiger partial charge in [-0.15, -0.1) is 0 Å². The van der Waals surface area contributed by atoms with Gasteiger partial charge in [-0.1, -0.05) is 36.4 Å². The molecule has 1 amide bonds. The number of hydrogen-bond donors (Lipinski definition) is 1. The van der Waals surface area contributed by atoms with Gasteiger partial charge in [0.1, 0.15) is 18.6 Å². The molecule has 1 saturated heterocycles. The molecule has 7 nitrogen and oxygen atoms in total. The third kappa shape index (κ3) is 5.63. The first-order valence-corrected chi connectivity index (χ1v) is 12.1. The molecule has 0 radical (unpaired) electrons. The molecule has 1 fully saturated rings. The number of fused-ring (bicyclic) bond motifs is 1. The third-order valence-corrected chi connectivity index (χ3v) is 6.72. The highest BCUT2D eigenvalue weighted by atomic mass is 16.5. The predicted octanol–water partition coefficient (Wildman–Crippen LogP) is 3.37. The number of likely N-dealkylation sites (tertiary alicyclic amines) is 1. The molecule has 2 aliphatic heterocycles. The van der Waals surface area contributed by atoms with Crippen LogP contribution in [0.15, 0.2) is 70.1 Å². The number of nitrogens with zero attached hydrogens (tertiary/aromatic N) is 2. The van der Waals surface area contributed by atoms with Crippen LogP contribution in [-0.2, 0) is 26.1 Å². The second kappa shape index (κ2) is 10.5. The summed E-state index contributed by atoms with van der Waals surface area (Å²) in [6.45, 7) is 3.58. The lowest BCUT2D eigenvalue weighted by Gasteiger charge is -2.30. The van der Waals surface area contributed by atoms with Crippen LogP contribution in [0.25, 0.3) is 0 Å². The third-order valence-electron chi connectivity index (χ3n) is 6.72. The Morgan fingerprint density at radius 3 is 2.66 bits per heavy atom. The van der Waals surface area contributed by atoms with Crippen LogP contribution in [0, 0.1) is 0 Å². The summed E-state index contributed by atoms with van der Waals surface area (Å²) in [5, 5.41) is 9.81. The molecule has 2 aromatic carbocycles. The van der Waals surface area contributed by atoms with Gasteiger partial charge in [0.05, 0.1) is 12.6 Å². The smallest absolute Gasteiger partial charge is 0.253 e. The number of carbonyl (C=O) groups is 1. The number of piperidine rings is 1. The van der Waals surface area contributed by atoms with Crippen LogP contribution in [0.2, 0.25) is 0 Å². The average molecular weight is 475 g/mol. The maximum atomic E-state index is 12.6. The highest BCUT2D eigenvalue weighted by Crippen LogP contribution is 2.21. The molecule has 0 spiro atoms. The lowest BCUT2D eigenvalue weighted by molar-refractivity contribution is 0.0473. The molecular formula is C28H30N2O5. The Morgan fingerprint density at radius 1 is 1.09 bits per heavy atom. The molecule has 3 heterocycles. The van der Waals surface area contributed by atoms with Gasteiger partial charge in [-0.2, -0.15) is 0 Å². The van der Waals surface area contributed by atoms with Gasteiger partial charge in [-0.3, -0.25) is 14.5 Å². The van der Waals surface area contributed by atoms with E-state index in [4.69, 9.17) is 9.15 Å². The molecule has 0 aliphatic carbocycles. The monoisotopic (exact) mass is 474 g/mol. The summed E-state index contributed by atoms with van der Waals surface area (Å²) < 4.78 is 11.4. The number of rotatable bonds is 6. The van der Waals surface area contributed by atoms with E-state index in [0.29, 0.717) is 31.0 Å². The number of hydrogen-bond acceptors (Lipinski definition) is 6. The minimum Gasteiger partial charge on any atom is -0.482 e. The maximum Gasteiger partial charge on any atom is 0.253 e. The van der Waals surface area contributed by atoms with Gasteiger partial charge in [-0.05, 0) is 48.1 Å². The lowest BCUT2D eigenvalue weighted by atomic mass is 10.00. The van der Waals surface area contributed by atoms with Crippen LogP contribution >= 0.6 is 0 Å². The summed E-state index contributed by atoms with van der Waals surface area (Å²) in [5.41, 5.74) is 3.92. The van der Waals surface area contributed by atoms with Crippen LogP contribution in [0.3, 0.4) is 0 Å². The van der Waals surface area contributed by atoms with Crippen molar-refractivity contribution in [2.24, 2.45) is 0 Å². The van der Waals surface area contributed by atoms with Crippen molar-refractivity contribution < 1.29 is 19.1 Å². The minimum absolute atomic E-state index is 0.0790. The fourth-order valence-corrected chi connectivity index (χ4v) is 4.76. The number of benzene rings is 2. The summed E-state index contributed by atoms with van der Waals surface area (Å²) in [6, 6.07) is 17.1. The van der Waals surface area contributed by atoms with Crippen LogP contribution in [0.5, 0.6) is 5.75 Å². The van der Waals surface area contributed by atoms with Gasteiger partial charge in [-0.25, -0.2) is 0 Å². The van der Waals surface area contributed by atoms with E-state index in [2.05, 4.69) is 29.2 Å². The highest BCUT2D eigenvalue weighted by molar-refractivity contribution is 5.94. The van der Waals surface area contributed by atoms with E-state index in [1.165, 1.54) is 23.5 Å². The summed E-state index contributed by atoms with van der Waals surface area (Å²) in [4.78, 5) is 29.2. The van der Waals surface area contributed by atoms with Crippen molar-refractivity contribution >= 4 is 5.91 Å². The van der Waals surface area contributed by atoms with Crippen LogP contribution in [-0.4, -0.2) is 46.6 Å². The molecule has 0 saturated carbocycles. The molecule has 3 aromatic rings. The van der Waals surface area contributed by atoms with E-state index in [-0.39, 0.29) is 23.7 Å². The zero-order valence-electron chi connectivity index (χ0n) is 19.7. The zero-order chi connectivity index (χ0) is 24.2. The molecule has 7 heteroatoms. The van der Waals surface area contributed by atoms with Crippen molar-refractivity contribution in [1.29, 1.82) is 0 Å². The molecule has 0 bridgehead atoms. The molecule has 1 N–H and O–H groups in total. The van der Waals surface area contributed by atoms with Gasteiger partial charge < -0.3 is 19.2 Å². The van der Waals surface area contributed by atoms with E-state index in [9.17, 15) is 14.7 Å². The molecule has 2 aliphatic rings. The van der Waals surface area contributed by atoms with Crippen molar-refractivity contribution in [3.05, 3.63) is 99.1 Å². The Bertz CT molecular complexity index is 1240.